The molecule has 0 unspecified atom stereocenters. The van der Waals surface area contributed by atoms with Gasteiger partial charge in [0.2, 0.25) is 0 Å². The van der Waals surface area contributed by atoms with Crippen molar-refractivity contribution in [1.29, 1.82) is 0 Å². The van der Waals surface area contributed by atoms with Crippen molar-refractivity contribution in [2.45, 2.75) is 49.4 Å². The fourth-order valence-electron chi connectivity index (χ4n) is 5.69. The molecule has 7 rings (SSSR count). The average molecular weight is 808 g/mol. The van der Waals surface area contributed by atoms with Crippen LogP contribution in [-0.2, 0) is 26.5 Å². The predicted octanol–water partition coefficient (Wildman–Crippen LogP) is 9.41. The monoisotopic (exact) mass is 809 g/mol. The molecule has 0 bridgehead atoms. The second-order valence-electron chi connectivity index (χ2n) is 12.2. The molecule has 3 nitrogen and oxygen atoms in total. The first-order chi connectivity index (χ1) is 20.3. The first-order valence-electron chi connectivity index (χ1n) is 14.8. The molecule has 0 saturated heterocycles. The Kier molecular flexibility index (Phi) is 9.96. The number of hydrogen-bond acceptors (Lipinski definition) is 3. The van der Waals surface area contributed by atoms with Crippen LogP contribution < -0.4 is 4.40 Å². The van der Waals surface area contributed by atoms with Crippen molar-refractivity contribution in [3.8, 4) is 22.5 Å². The van der Waals surface area contributed by atoms with E-state index in [9.17, 15) is 4.39 Å². The largest absolute Gasteiger partial charge is 0 e. The van der Waals surface area contributed by atoms with Gasteiger partial charge in [0.1, 0.15) is 11.4 Å². The summed E-state index contributed by atoms with van der Waals surface area (Å²) in [5.41, 5.74) is 6.64. The molecule has 1 aliphatic carbocycles. The normalized spacial score (nSPS) is 13.5. The van der Waals surface area contributed by atoms with E-state index >= 15 is 0 Å². The Morgan fingerprint density at radius 3 is 2.37 bits per heavy atom. The Morgan fingerprint density at radius 1 is 0.837 bits per heavy atom. The number of pyridine rings is 2. The number of halogens is 1. The van der Waals surface area contributed by atoms with Crippen LogP contribution >= 0.6 is 0 Å². The zero-order valence-electron chi connectivity index (χ0n) is 24.8. The van der Waals surface area contributed by atoms with Crippen molar-refractivity contribution in [2.75, 3.05) is 0 Å². The Balaban J connectivity index is 0.000000188. The summed E-state index contributed by atoms with van der Waals surface area (Å²) in [5.74, 6) is 7.69. The average Bonchev–Trinajstić information content (AvgIpc) is 3.65. The van der Waals surface area contributed by atoms with Crippen molar-refractivity contribution in [1.82, 2.24) is 9.97 Å². The number of rotatable bonds is 5. The molecule has 43 heavy (non-hydrogen) atoms. The summed E-state index contributed by atoms with van der Waals surface area (Å²) in [7, 11) is 0. The number of furan rings is 1. The predicted molar refractivity (Wildman–Crippen MR) is 173 cm³/mol. The van der Waals surface area contributed by atoms with Crippen LogP contribution in [0.3, 0.4) is 0 Å². The molecule has 0 atom stereocenters. The van der Waals surface area contributed by atoms with Crippen LogP contribution in [-0.4, -0.2) is 23.2 Å². The van der Waals surface area contributed by atoms with E-state index in [1.165, 1.54) is 47.8 Å². The molecule has 3 heterocycles. The quantitative estimate of drug-likeness (QED) is 0.129. The van der Waals surface area contributed by atoms with Crippen molar-refractivity contribution in [2.24, 2.45) is 5.92 Å². The van der Waals surface area contributed by atoms with Gasteiger partial charge in [0, 0.05) is 31.7 Å². The van der Waals surface area contributed by atoms with Gasteiger partial charge in [-0.15, -0.1) is 23.8 Å². The molecule has 3 aromatic carbocycles. The van der Waals surface area contributed by atoms with Crippen LogP contribution in [0.4, 0.5) is 4.39 Å². The molecule has 0 amide bonds. The third-order valence-corrected chi connectivity index (χ3v) is 12.3. The molecule has 221 valence electrons. The standard InChI is InChI=1S/C23H19FNO.C14H16GeN.Ir/c24-18-6-8-23-20(14-18)19-13-17(5-7-22(19)26-23)21-12-16(9-10-25-21)11-15-3-1-2-4-15;1-15(2,3)13-9-10-14(16-11-13)12-7-5-4-6-8-12;/h6-10,12-15H,1-4,11H2;4-7,9-11H,1-3H3;/q2*-1;. The minimum absolute atomic E-state index is 0. The Bertz CT molecular complexity index is 1810. The molecule has 3 aromatic heterocycles. The molecule has 0 spiro atoms. The maximum atomic E-state index is 13.7. The SMILES string of the molecule is Fc1ccc2oc3c[c-]c(-c4cc(CC5CCCC5)ccn4)cc3c2c1.[CH3][Ge]([CH3])([CH3])[c]1ccc(-c2[c-]cccc2)nc1.[Ir]. The number of fused-ring (bicyclic) bond motifs is 3. The third kappa shape index (κ3) is 7.52. The van der Waals surface area contributed by atoms with Crippen LogP contribution in [0, 0.1) is 23.9 Å². The molecule has 0 N–H and O–H groups in total. The van der Waals surface area contributed by atoms with Crippen LogP contribution in [0.15, 0.2) is 95.7 Å². The maximum absolute atomic E-state index is 13.7. The summed E-state index contributed by atoms with van der Waals surface area (Å²) in [4.78, 5) is 9.07. The van der Waals surface area contributed by atoms with Gasteiger partial charge in [-0.3, -0.25) is 0 Å². The molecular formula is C37H35FGeIrN2O-2. The minimum atomic E-state index is -1.72. The second kappa shape index (κ2) is 13.7. The van der Waals surface area contributed by atoms with Crippen molar-refractivity contribution in [3.05, 3.63) is 115 Å². The van der Waals surface area contributed by atoms with Gasteiger partial charge in [-0.05, 0) is 42.3 Å². The van der Waals surface area contributed by atoms with Gasteiger partial charge < -0.3 is 9.40 Å². The van der Waals surface area contributed by atoms with Gasteiger partial charge in [-0.2, -0.15) is 0 Å². The van der Waals surface area contributed by atoms with Crippen molar-refractivity contribution >= 4 is 39.6 Å². The van der Waals surface area contributed by atoms with Gasteiger partial charge in [-0.1, -0.05) is 42.7 Å². The Morgan fingerprint density at radius 2 is 1.65 bits per heavy atom. The van der Waals surface area contributed by atoms with Crippen LogP contribution in [0.5, 0.6) is 0 Å². The first-order valence-corrected chi connectivity index (χ1v) is 22.1. The minimum Gasteiger partial charge on any atom is 0 e. The molecule has 1 aliphatic rings. The fourth-order valence-corrected chi connectivity index (χ4v) is 7.86. The van der Waals surface area contributed by atoms with Gasteiger partial charge in [0.05, 0.1) is 5.58 Å². The van der Waals surface area contributed by atoms with Gasteiger partial charge in [0.15, 0.2) is 0 Å². The Labute approximate surface area is 269 Å². The topological polar surface area (TPSA) is 38.9 Å². The third-order valence-electron chi connectivity index (χ3n) is 8.08. The van der Waals surface area contributed by atoms with E-state index in [1.807, 2.05) is 48.8 Å². The van der Waals surface area contributed by atoms with Gasteiger partial charge in [-0.25, -0.2) is 4.39 Å². The van der Waals surface area contributed by atoms with Crippen LogP contribution in [0.1, 0.15) is 31.2 Å². The molecular weight excluding hydrogens is 772 g/mol. The summed E-state index contributed by atoms with van der Waals surface area (Å²) in [6, 6.07) is 31.5. The van der Waals surface area contributed by atoms with Crippen molar-refractivity contribution in [3.63, 3.8) is 0 Å². The van der Waals surface area contributed by atoms with E-state index in [2.05, 4.69) is 63.6 Å². The van der Waals surface area contributed by atoms with E-state index in [0.717, 1.165) is 51.2 Å². The van der Waals surface area contributed by atoms with E-state index in [4.69, 9.17) is 4.42 Å². The van der Waals surface area contributed by atoms with E-state index in [-0.39, 0.29) is 25.9 Å². The fraction of sp³-hybridized carbons (Fsp3) is 0.243. The zero-order valence-corrected chi connectivity index (χ0v) is 29.3. The Hall–Kier alpha value is -3.12. The van der Waals surface area contributed by atoms with E-state index in [1.54, 1.807) is 6.07 Å². The van der Waals surface area contributed by atoms with Crippen LogP contribution in [0.25, 0.3) is 44.5 Å². The van der Waals surface area contributed by atoms with Crippen molar-refractivity contribution < 1.29 is 28.9 Å². The number of aromatic nitrogens is 2. The molecule has 0 aliphatic heterocycles. The molecule has 1 saturated carbocycles. The summed E-state index contributed by atoms with van der Waals surface area (Å²) in [6.07, 6.45) is 10.4. The van der Waals surface area contributed by atoms with Gasteiger partial charge in [0.25, 0.3) is 0 Å². The molecule has 1 fully saturated rings. The summed E-state index contributed by atoms with van der Waals surface area (Å²) in [5, 5.41) is 1.69. The summed E-state index contributed by atoms with van der Waals surface area (Å²) in [6.45, 7) is 0. The number of hydrogen-bond donors (Lipinski definition) is 0. The van der Waals surface area contributed by atoms with E-state index in [0.29, 0.717) is 5.58 Å². The first kappa shape index (κ1) is 31.3. The zero-order chi connectivity index (χ0) is 29.1. The second-order valence-corrected chi connectivity index (χ2v) is 22.9. The van der Waals surface area contributed by atoms with Gasteiger partial charge >= 0.3 is 99.8 Å². The molecule has 6 aromatic rings. The number of nitrogens with zero attached hydrogens (tertiary/aromatic N) is 2. The smallest absolute Gasteiger partial charge is 0 e. The van der Waals surface area contributed by atoms with E-state index < -0.39 is 13.3 Å². The summed E-state index contributed by atoms with van der Waals surface area (Å²) < 4.78 is 20.9. The molecule has 6 heteroatoms. The summed E-state index contributed by atoms with van der Waals surface area (Å²) >= 11 is -1.72. The molecule has 1 radical (unpaired) electrons. The van der Waals surface area contributed by atoms with Crippen LogP contribution in [0.2, 0.25) is 17.3 Å². The maximum Gasteiger partial charge on any atom is 0 e. The number of benzene rings is 3.